The lowest BCUT2D eigenvalue weighted by molar-refractivity contribution is 0.296. The quantitative estimate of drug-likeness (QED) is 0.826. The van der Waals surface area contributed by atoms with Crippen LogP contribution in [0.5, 0.6) is 5.75 Å². The van der Waals surface area contributed by atoms with Crippen LogP contribution in [0.15, 0.2) is 29.2 Å². The molecular formula is C15H25ClN2O3S. The van der Waals surface area contributed by atoms with Gasteiger partial charge < -0.3 is 10.5 Å². The Morgan fingerprint density at radius 2 is 2.05 bits per heavy atom. The highest BCUT2D eigenvalue weighted by Gasteiger charge is 2.28. The van der Waals surface area contributed by atoms with E-state index >= 15 is 0 Å². The normalized spacial score (nSPS) is 21.9. The zero-order chi connectivity index (χ0) is 15.3. The van der Waals surface area contributed by atoms with Gasteiger partial charge in [0.1, 0.15) is 5.75 Å². The number of rotatable bonds is 6. The van der Waals surface area contributed by atoms with Crippen molar-refractivity contribution in [2.24, 2.45) is 11.7 Å². The van der Waals surface area contributed by atoms with Gasteiger partial charge in [0, 0.05) is 12.1 Å². The average Bonchev–Trinajstić information content (AvgIpc) is 2.48. The Balaban J connectivity index is 0.00000242. The summed E-state index contributed by atoms with van der Waals surface area (Å²) in [6.45, 7) is 2.90. The monoisotopic (exact) mass is 348 g/mol. The number of hydrogen-bond acceptors (Lipinski definition) is 4. The highest BCUT2D eigenvalue weighted by atomic mass is 35.5. The Morgan fingerprint density at radius 1 is 1.32 bits per heavy atom. The van der Waals surface area contributed by atoms with Crippen molar-refractivity contribution < 1.29 is 13.2 Å². The molecule has 5 nitrogen and oxygen atoms in total. The van der Waals surface area contributed by atoms with E-state index in [2.05, 4.69) is 4.72 Å². The third kappa shape index (κ3) is 4.84. The Morgan fingerprint density at radius 3 is 2.73 bits per heavy atom. The molecule has 1 aliphatic rings. The summed E-state index contributed by atoms with van der Waals surface area (Å²) in [7, 11) is -3.53. The van der Waals surface area contributed by atoms with Gasteiger partial charge in [-0.25, -0.2) is 13.1 Å². The van der Waals surface area contributed by atoms with Crippen LogP contribution >= 0.6 is 12.4 Å². The van der Waals surface area contributed by atoms with Gasteiger partial charge in [-0.15, -0.1) is 12.4 Å². The molecule has 126 valence electrons. The second-order valence-electron chi connectivity index (χ2n) is 5.42. The zero-order valence-electron chi connectivity index (χ0n) is 12.8. The van der Waals surface area contributed by atoms with Crippen LogP contribution in [0.3, 0.4) is 0 Å². The molecule has 0 aromatic heterocycles. The first-order chi connectivity index (χ1) is 10.1. The van der Waals surface area contributed by atoms with Crippen molar-refractivity contribution in [1.82, 2.24) is 4.72 Å². The fraction of sp³-hybridized carbons (Fsp3) is 0.600. The third-order valence-corrected chi connectivity index (χ3v) is 5.43. The predicted octanol–water partition coefficient (Wildman–Crippen LogP) is 2.30. The first kappa shape index (κ1) is 19.2. The van der Waals surface area contributed by atoms with E-state index in [1.54, 1.807) is 24.3 Å². The van der Waals surface area contributed by atoms with Gasteiger partial charge in [-0.3, -0.25) is 0 Å². The molecule has 1 aliphatic carbocycles. The van der Waals surface area contributed by atoms with Crippen LogP contribution in [-0.2, 0) is 10.0 Å². The van der Waals surface area contributed by atoms with E-state index in [0.717, 1.165) is 25.7 Å². The molecule has 22 heavy (non-hydrogen) atoms. The molecular weight excluding hydrogens is 324 g/mol. The second-order valence-corrected chi connectivity index (χ2v) is 7.13. The molecule has 0 radical (unpaired) electrons. The first-order valence-electron chi connectivity index (χ1n) is 7.52. The molecule has 0 spiro atoms. The lowest BCUT2D eigenvalue weighted by atomic mass is 9.85. The number of benzene rings is 1. The van der Waals surface area contributed by atoms with Crippen molar-refractivity contribution in [3.63, 3.8) is 0 Å². The molecule has 3 N–H and O–H groups in total. The minimum Gasteiger partial charge on any atom is -0.494 e. The molecule has 1 saturated carbocycles. The predicted molar refractivity (Wildman–Crippen MR) is 90.0 cm³/mol. The highest BCUT2D eigenvalue weighted by Crippen LogP contribution is 2.26. The number of ether oxygens (including phenoxy) is 1. The molecule has 1 fully saturated rings. The van der Waals surface area contributed by atoms with Crippen LogP contribution in [0.1, 0.15) is 32.6 Å². The van der Waals surface area contributed by atoms with Crippen LogP contribution in [-0.4, -0.2) is 27.6 Å². The van der Waals surface area contributed by atoms with E-state index in [9.17, 15) is 8.42 Å². The summed E-state index contributed by atoms with van der Waals surface area (Å²) < 4.78 is 33.2. The maximum absolute atomic E-state index is 12.5. The SMILES string of the molecule is CCOc1cccc(S(=O)(=O)NC2CCCCC2CN)c1.Cl. The Labute approximate surface area is 139 Å². The van der Waals surface area contributed by atoms with Crippen molar-refractivity contribution >= 4 is 22.4 Å². The lowest BCUT2D eigenvalue weighted by Gasteiger charge is -2.31. The van der Waals surface area contributed by atoms with Gasteiger partial charge in [-0.1, -0.05) is 18.9 Å². The van der Waals surface area contributed by atoms with Crippen molar-refractivity contribution in [1.29, 1.82) is 0 Å². The van der Waals surface area contributed by atoms with Gasteiger partial charge in [0.05, 0.1) is 11.5 Å². The van der Waals surface area contributed by atoms with Crippen LogP contribution in [0, 0.1) is 5.92 Å². The molecule has 2 atom stereocenters. The summed E-state index contributed by atoms with van der Waals surface area (Å²) >= 11 is 0. The van der Waals surface area contributed by atoms with Gasteiger partial charge in [0.25, 0.3) is 0 Å². The first-order valence-corrected chi connectivity index (χ1v) is 9.00. The van der Waals surface area contributed by atoms with Crippen LogP contribution in [0.4, 0.5) is 0 Å². The summed E-state index contributed by atoms with van der Waals surface area (Å²) in [5.41, 5.74) is 5.76. The minimum atomic E-state index is -3.53. The van der Waals surface area contributed by atoms with E-state index in [-0.39, 0.29) is 29.3 Å². The van der Waals surface area contributed by atoms with E-state index < -0.39 is 10.0 Å². The summed E-state index contributed by atoms with van der Waals surface area (Å²) in [4.78, 5) is 0.245. The Hall–Kier alpha value is -0.820. The van der Waals surface area contributed by atoms with Crippen LogP contribution in [0.25, 0.3) is 0 Å². The molecule has 0 amide bonds. The van der Waals surface area contributed by atoms with Gasteiger partial charge >= 0.3 is 0 Å². The third-order valence-electron chi connectivity index (χ3n) is 3.95. The maximum atomic E-state index is 12.5. The fourth-order valence-electron chi connectivity index (χ4n) is 2.81. The molecule has 2 rings (SSSR count). The van der Waals surface area contributed by atoms with Gasteiger partial charge in [-0.2, -0.15) is 0 Å². The van der Waals surface area contributed by atoms with Crippen molar-refractivity contribution in [3.8, 4) is 5.75 Å². The van der Waals surface area contributed by atoms with Crippen molar-refractivity contribution in [2.75, 3.05) is 13.2 Å². The summed E-state index contributed by atoms with van der Waals surface area (Å²) in [5, 5.41) is 0. The van der Waals surface area contributed by atoms with Gasteiger partial charge in [-0.05, 0) is 44.4 Å². The van der Waals surface area contributed by atoms with E-state index in [0.29, 0.717) is 18.9 Å². The number of hydrogen-bond donors (Lipinski definition) is 2. The Bertz CT molecular complexity index is 566. The maximum Gasteiger partial charge on any atom is 0.240 e. The summed E-state index contributed by atoms with van der Waals surface area (Å²) in [5.74, 6) is 0.794. The molecule has 2 unspecified atom stereocenters. The number of sulfonamides is 1. The van der Waals surface area contributed by atoms with Crippen molar-refractivity contribution in [3.05, 3.63) is 24.3 Å². The fourth-order valence-corrected chi connectivity index (χ4v) is 4.18. The molecule has 0 saturated heterocycles. The lowest BCUT2D eigenvalue weighted by Crippen LogP contribution is -2.44. The van der Waals surface area contributed by atoms with Crippen LogP contribution in [0.2, 0.25) is 0 Å². The number of nitrogens with two attached hydrogens (primary N) is 1. The largest absolute Gasteiger partial charge is 0.494 e. The van der Waals surface area contributed by atoms with Gasteiger partial charge in [0.2, 0.25) is 10.0 Å². The molecule has 1 aromatic carbocycles. The average molecular weight is 349 g/mol. The molecule has 7 heteroatoms. The van der Waals surface area contributed by atoms with Crippen molar-refractivity contribution in [2.45, 2.75) is 43.5 Å². The molecule has 0 heterocycles. The minimum absolute atomic E-state index is 0. The molecule has 0 bridgehead atoms. The smallest absolute Gasteiger partial charge is 0.240 e. The van der Waals surface area contributed by atoms with E-state index in [1.807, 2.05) is 6.92 Å². The highest BCUT2D eigenvalue weighted by molar-refractivity contribution is 7.89. The summed E-state index contributed by atoms with van der Waals surface area (Å²) in [6, 6.07) is 6.54. The van der Waals surface area contributed by atoms with Crippen LogP contribution < -0.4 is 15.2 Å². The zero-order valence-corrected chi connectivity index (χ0v) is 14.5. The van der Waals surface area contributed by atoms with Gasteiger partial charge in [0.15, 0.2) is 0 Å². The van der Waals surface area contributed by atoms with E-state index in [4.69, 9.17) is 10.5 Å². The number of halogens is 1. The molecule has 0 aliphatic heterocycles. The molecule has 1 aromatic rings. The standard InChI is InChI=1S/C15H24N2O3S.ClH/c1-2-20-13-7-5-8-14(10-13)21(18,19)17-15-9-4-3-6-12(15)11-16;/h5,7-8,10,12,15,17H,2-4,6,9,11,16H2,1H3;1H. The van der Waals surface area contributed by atoms with E-state index in [1.165, 1.54) is 0 Å². The topological polar surface area (TPSA) is 81.4 Å². The Kier molecular flexibility index (Phi) is 7.62. The number of nitrogens with one attached hydrogen (secondary N) is 1. The summed E-state index contributed by atoms with van der Waals surface area (Å²) in [6.07, 6.45) is 4.01. The second kappa shape index (κ2) is 8.72.